The molecule has 1 aliphatic carbocycles. The molecule has 2 fully saturated rings. The van der Waals surface area contributed by atoms with Crippen LogP contribution in [0.3, 0.4) is 0 Å². The molecule has 2 heterocycles. The maximum atomic E-state index is 12.4. The van der Waals surface area contributed by atoms with Gasteiger partial charge in [-0.2, -0.15) is 0 Å². The van der Waals surface area contributed by atoms with Crippen molar-refractivity contribution in [2.45, 2.75) is 70.4 Å². The van der Waals surface area contributed by atoms with Gasteiger partial charge >= 0.3 is 5.97 Å². The highest BCUT2D eigenvalue weighted by Crippen LogP contribution is 2.47. The lowest BCUT2D eigenvalue weighted by atomic mass is 9.64. The Morgan fingerprint density at radius 1 is 1.42 bits per heavy atom. The van der Waals surface area contributed by atoms with E-state index in [1.807, 2.05) is 20.8 Å². The third kappa shape index (κ3) is 4.29. The van der Waals surface area contributed by atoms with Crippen LogP contribution in [0.4, 0.5) is 5.95 Å². The van der Waals surface area contributed by atoms with E-state index in [2.05, 4.69) is 16.8 Å². The first-order valence-corrected chi connectivity index (χ1v) is 9.68. The molecule has 0 amide bonds. The van der Waals surface area contributed by atoms with E-state index in [0.717, 1.165) is 31.5 Å². The van der Waals surface area contributed by atoms with Gasteiger partial charge < -0.3 is 14.4 Å². The highest BCUT2D eigenvalue weighted by Gasteiger charge is 2.43. The molecule has 0 aromatic carbocycles. The zero-order chi connectivity index (χ0) is 18.9. The van der Waals surface area contributed by atoms with Gasteiger partial charge in [0.2, 0.25) is 5.95 Å². The first kappa shape index (κ1) is 19.4. The standard InChI is InChI=1S/C19H28ClN3O3/c1-13-12-25-9-8-23(13)17-21-14(10-15(20)22-17)19(6-5-7-19)11-16(24)26-18(2,3)4/h10,13H,5-9,11-12H2,1-4H3/t13-/m0/s1. The van der Waals surface area contributed by atoms with Crippen LogP contribution in [0.25, 0.3) is 0 Å². The van der Waals surface area contributed by atoms with Crippen LogP contribution in [0.1, 0.15) is 59.1 Å². The maximum Gasteiger partial charge on any atom is 0.307 e. The lowest BCUT2D eigenvalue weighted by molar-refractivity contribution is -0.157. The van der Waals surface area contributed by atoms with E-state index < -0.39 is 5.60 Å². The van der Waals surface area contributed by atoms with Crippen molar-refractivity contribution in [1.29, 1.82) is 0 Å². The highest BCUT2D eigenvalue weighted by atomic mass is 35.5. The molecular formula is C19H28ClN3O3. The quantitative estimate of drug-likeness (QED) is 0.587. The van der Waals surface area contributed by atoms with Gasteiger partial charge in [0.25, 0.3) is 0 Å². The summed E-state index contributed by atoms with van der Waals surface area (Å²) in [6, 6.07) is 2.00. The van der Waals surface area contributed by atoms with Crippen molar-refractivity contribution in [3.63, 3.8) is 0 Å². The van der Waals surface area contributed by atoms with Gasteiger partial charge in [0, 0.05) is 12.0 Å². The number of esters is 1. The second kappa shape index (κ2) is 7.31. The minimum Gasteiger partial charge on any atom is -0.460 e. The van der Waals surface area contributed by atoms with E-state index in [1.54, 1.807) is 6.07 Å². The van der Waals surface area contributed by atoms with E-state index in [-0.39, 0.29) is 17.4 Å². The zero-order valence-electron chi connectivity index (χ0n) is 16.0. The second-order valence-electron chi connectivity index (χ2n) is 8.39. The molecule has 1 saturated heterocycles. The highest BCUT2D eigenvalue weighted by molar-refractivity contribution is 6.29. The molecule has 3 rings (SSSR count). The third-order valence-electron chi connectivity index (χ3n) is 5.06. The molecule has 1 atom stereocenters. The summed E-state index contributed by atoms with van der Waals surface area (Å²) in [6.07, 6.45) is 3.23. The maximum absolute atomic E-state index is 12.4. The number of anilines is 1. The van der Waals surface area contributed by atoms with Crippen molar-refractivity contribution in [2.24, 2.45) is 0 Å². The Labute approximate surface area is 160 Å². The topological polar surface area (TPSA) is 64.5 Å². The van der Waals surface area contributed by atoms with Crippen LogP contribution in [-0.2, 0) is 19.7 Å². The molecule has 6 nitrogen and oxygen atoms in total. The van der Waals surface area contributed by atoms with Gasteiger partial charge in [-0.3, -0.25) is 4.79 Å². The Kier molecular flexibility index (Phi) is 5.45. The number of ether oxygens (including phenoxy) is 2. The average Bonchev–Trinajstić information content (AvgIpc) is 2.49. The number of hydrogen-bond donors (Lipinski definition) is 0. The fourth-order valence-electron chi connectivity index (χ4n) is 3.61. The van der Waals surface area contributed by atoms with Gasteiger partial charge in [0.1, 0.15) is 10.8 Å². The monoisotopic (exact) mass is 381 g/mol. The molecule has 1 saturated carbocycles. The summed E-state index contributed by atoms with van der Waals surface area (Å²) in [5.74, 6) is 0.437. The number of rotatable bonds is 4. The molecule has 0 unspecified atom stereocenters. The molecule has 144 valence electrons. The van der Waals surface area contributed by atoms with Crippen molar-refractivity contribution in [2.75, 3.05) is 24.7 Å². The van der Waals surface area contributed by atoms with E-state index in [9.17, 15) is 4.79 Å². The number of morpholine rings is 1. The largest absolute Gasteiger partial charge is 0.460 e. The van der Waals surface area contributed by atoms with E-state index in [4.69, 9.17) is 26.1 Å². The lowest BCUT2D eigenvalue weighted by Gasteiger charge is -2.42. The third-order valence-corrected chi connectivity index (χ3v) is 5.26. The van der Waals surface area contributed by atoms with Crippen LogP contribution in [0.5, 0.6) is 0 Å². The molecule has 7 heteroatoms. The second-order valence-corrected chi connectivity index (χ2v) is 8.78. The van der Waals surface area contributed by atoms with E-state index >= 15 is 0 Å². The molecular weight excluding hydrogens is 354 g/mol. The molecule has 0 bridgehead atoms. The van der Waals surface area contributed by atoms with Gasteiger partial charge in [-0.25, -0.2) is 9.97 Å². The molecule has 1 aromatic rings. The van der Waals surface area contributed by atoms with Crippen LogP contribution in [0.15, 0.2) is 6.07 Å². The fourth-order valence-corrected chi connectivity index (χ4v) is 3.79. The van der Waals surface area contributed by atoms with Crippen LogP contribution in [0.2, 0.25) is 5.15 Å². The van der Waals surface area contributed by atoms with E-state index in [0.29, 0.717) is 30.7 Å². The number of aromatic nitrogens is 2. The van der Waals surface area contributed by atoms with Gasteiger partial charge in [-0.15, -0.1) is 0 Å². The summed E-state index contributed by atoms with van der Waals surface area (Å²) in [5.41, 5.74) is 0.0714. The van der Waals surface area contributed by atoms with E-state index in [1.165, 1.54) is 0 Å². The van der Waals surface area contributed by atoms with Crippen molar-refractivity contribution >= 4 is 23.5 Å². The normalized spacial score (nSPS) is 22.7. The Hall–Kier alpha value is -1.40. The lowest BCUT2D eigenvalue weighted by Crippen LogP contribution is -2.45. The molecule has 0 spiro atoms. The van der Waals surface area contributed by atoms with Crippen molar-refractivity contribution < 1.29 is 14.3 Å². The van der Waals surface area contributed by atoms with Crippen LogP contribution in [0, 0.1) is 0 Å². The minimum absolute atomic E-state index is 0.187. The number of carbonyl (C=O) groups excluding carboxylic acids is 1. The molecule has 26 heavy (non-hydrogen) atoms. The Morgan fingerprint density at radius 2 is 2.15 bits per heavy atom. The van der Waals surface area contributed by atoms with Crippen LogP contribution < -0.4 is 4.90 Å². The number of halogens is 1. The van der Waals surface area contributed by atoms with Crippen molar-refractivity contribution in [3.8, 4) is 0 Å². The van der Waals surface area contributed by atoms with Crippen LogP contribution in [-0.4, -0.2) is 47.3 Å². The Bertz CT molecular complexity index is 670. The first-order chi connectivity index (χ1) is 12.2. The summed E-state index contributed by atoms with van der Waals surface area (Å²) >= 11 is 6.32. The van der Waals surface area contributed by atoms with Crippen LogP contribution >= 0.6 is 11.6 Å². The summed E-state index contributed by atoms with van der Waals surface area (Å²) in [6.45, 7) is 9.78. The number of nitrogens with zero attached hydrogens (tertiary/aromatic N) is 3. The molecule has 0 radical (unpaired) electrons. The smallest absolute Gasteiger partial charge is 0.307 e. The number of carbonyl (C=O) groups is 1. The SMILES string of the molecule is C[C@H]1COCCN1c1nc(Cl)cc(C2(CC(=O)OC(C)(C)C)CCC2)n1. The van der Waals surface area contributed by atoms with Gasteiger partial charge in [0.15, 0.2) is 0 Å². The minimum atomic E-state index is -0.486. The average molecular weight is 382 g/mol. The Balaban J connectivity index is 1.85. The van der Waals surface area contributed by atoms with Crippen molar-refractivity contribution in [3.05, 3.63) is 16.9 Å². The fraction of sp³-hybridized carbons (Fsp3) is 0.737. The van der Waals surface area contributed by atoms with Gasteiger partial charge in [-0.05, 0) is 46.6 Å². The number of hydrogen-bond acceptors (Lipinski definition) is 6. The summed E-state index contributed by atoms with van der Waals surface area (Å²) in [5, 5.41) is 0.416. The van der Waals surface area contributed by atoms with Gasteiger partial charge in [0.05, 0.1) is 31.4 Å². The summed E-state index contributed by atoms with van der Waals surface area (Å²) in [4.78, 5) is 23.8. The molecule has 0 N–H and O–H groups in total. The molecule has 1 aliphatic heterocycles. The first-order valence-electron chi connectivity index (χ1n) is 9.30. The molecule has 2 aliphatic rings. The predicted molar refractivity (Wildman–Crippen MR) is 101 cm³/mol. The molecule has 1 aromatic heterocycles. The summed E-state index contributed by atoms with van der Waals surface area (Å²) in [7, 11) is 0. The Morgan fingerprint density at radius 3 is 2.73 bits per heavy atom. The predicted octanol–water partition coefficient (Wildman–Crippen LogP) is 3.51. The van der Waals surface area contributed by atoms with Crippen molar-refractivity contribution in [1.82, 2.24) is 9.97 Å². The van der Waals surface area contributed by atoms with Gasteiger partial charge in [-0.1, -0.05) is 18.0 Å². The zero-order valence-corrected chi connectivity index (χ0v) is 16.8. The summed E-state index contributed by atoms with van der Waals surface area (Å²) < 4.78 is 11.0.